The number of primary amides is 1. The highest BCUT2D eigenvalue weighted by Gasteiger charge is 2.31. The van der Waals surface area contributed by atoms with E-state index in [9.17, 15) is 18.4 Å². The predicted molar refractivity (Wildman–Crippen MR) is 114 cm³/mol. The molecule has 168 valence electrons. The van der Waals surface area contributed by atoms with Crippen LogP contribution in [0.4, 0.5) is 29.5 Å². The maximum atomic E-state index is 15.1. The van der Waals surface area contributed by atoms with Crippen molar-refractivity contribution >= 4 is 34.4 Å². The molecule has 1 atom stereocenters. The number of carbonyl (C=O) groups excluding carboxylic acids is 2. The van der Waals surface area contributed by atoms with Gasteiger partial charge in [-0.3, -0.25) is 14.5 Å². The van der Waals surface area contributed by atoms with Gasteiger partial charge in [0.2, 0.25) is 5.91 Å². The molecule has 12 heteroatoms. The Morgan fingerprint density at radius 2 is 2.16 bits per heavy atom. The van der Waals surface area contributed by atoms with Gasteiger partial charge in [0.05, 0.1) is 23.5 Å². The molecule has 32 heavy (non-hydrogen) atoms. The molecule has 1 aromatic carbocycles. The number of imidazole rings is 1. The number of nitrogens with zero attached hydrogens (tertiary/aromatic N) is 3. The molecule has 2 aromatic rings. The summed E-state index contributed by atoms with van der Waals surface area (Å²) in [5, 5.41) is 3.45. The van der Waals surface area contributed by atoms with E-state index < -0.39 is 35.1 Å². The van der Waals surface area contributed by atoms with Crippen molar-refractivity contribution in [3.63, 3.8) is 0 Å². The molecule has 0 bridgehead atoms. The molecule has 0 fully saturated rings. The van der Waals surface area contributed by atoms with Gasteiger partial charge >= 0.3 is 0 Å². The van der Waals surface area contributed by atoms with E-state index in [1.165, 1.54) is 36.7 Å². The van der Waals surface area contributed by atoms with Crippen LogP contribution in [0.5, 0.6) is 5.75 Å². The first-order valence-corrected chi connectivity index (χ1v) is 10.4. The fourth-order valence-electron chi connectivity index (χ4n) is 3.29. The molecule has 0 radical (unpaired) electrons. The SMILES string of the molecule is C[C@H](Nc1ccc2c(c1F)OCCn1cc(N3C(=O)SC=CC=C3C(F)F)nc1-2)C(N)=O. The molecule has 0 unspecified atom stereocenters. The summed E-state index contributed by atoms with van der Waals surface area (Å²) in [5.41, 5.74) is 5.01. The van der Waals surface area contributed by atoms with Crippen LogP contribution in [0.25, 0.3) is 11.4 Å². The standard InChI is InChI=1S/C20H18F3N5O3S/c1-10(18(24)29)25-12-5-4-11-16(15(12)21)31-7-6-27-9-14(26-19(11)27)28-13(17(22)23)3-2-8-32-20(28)30/h2-5,8-10,17,25H,6-7H2,1H3,(H2,24,29)/t10-/m0/s1. The number of halogens is 3. The van der Waals surface area contributed by atoms with Crippen molar-refractivity contribution in [2.24, 2.45) is 5.73 Å². The van der Waals surface area contributed by atoms with Gasteiger partial charge in [-0.25, -0.2) is 18.2 Å². The molecule has 1 aromatic heterocycles. The fraction of sp³-hybridized carbons (Fsp3) is 0.250. The number of fused-ring (bicyclic) bond motifs is 3. The quantitative estimate of drug-likeness (QED) is 0.698. The van der Waals surface area contributed by atoms with E-state index in [0.717, 1.165) is 22.7 Å². The number of nitrogens with two attached hydrogens (primary N) is 1. The van der Waals surface area contributed by atoms with Crippen LogP contribution in [-0.2, 0) is 11.3 Å². The molecule has 2 aliphatic heterocycles. The van der Waals surface area contributed by atoms with Crippen molar-refractivity contribution in [1.82, 2.24) is 9.55 Å². The lowest BCUT2D eigenvalue weighted by Crippen LogP contribution is -2.32. The van der Waals surface area contributed by atoms with Gasteiger partial charge < -0.3 is 20.4 Å². The number of rotatable bonds is 5. The fourth-order valence-corrected chi connectivity index (χ4v) is 3.87. The monoisotopic (exact) mass is 465 g/mol. The van der Waals surface area contributed by atoms with E-state index in [0.29, 0.717) is 0 Å². The van der Waals surface area contributed by atoms with E-state index in [1.54, 1.807) is 4.57 Å². The molecule has 2 aliphatic rings. The molecular weight excluding hydrogens is 447 g/mol. The van der Waals surface area contributed by atoms with Gasteiger partial charge in [0.15, 0.2) is 17.4 Å². The number of allylic oxidation sites excluding steroid dienone is 3. The number of thioether (sulfide) groups is 1. The summed E-state index contributed by atoms with van der Waals surface area (Å²) in [6.45, 7) is 1.81. The average molecular weight is 465 g/mol. The minimum atomic E-state index is -2.90. The first-order chi connectivity index (χ1) is 15.3. The largest absolute Gasteiger partial charge is 0.488 e. The summed E-state index contributed by atoms with van der Waals surface area (Å²) >= 11 is 0.752. The van der Waals surface area contributed by atoms with Gasteiger partial charge in [-0.1, -0.05) is 6.08 Å². The summed E-state index contributed by atoms with van der Waals surface area (Å²) in [7, 11) is 0. The molecule has 0 spiro atoms. The van der Waals surface area contributed by atoms with E-state index in [1.807, 2.05) is 0 Å². The number of carbonyl (C=O) groups is 2. The van der Waals surface area contributed by atoms with Crippen molar-refractivity contribution in [1.29, 1.82) is 0 Å². The zero-order valence-corrected chi connectivity index (χ0v) is 17.5. The Labute approximate surface area is 184 Å². The van der Waals surface area contributed by atoms with E-state index in [2.05, 4.69) is 10.3 Å². The maximum absolute atomic E-state index is 15.1. The summed E-state index contributed by atoms with van der Waals surface area (Å²) in [6.07, 6.45) is 1.07. The number of benzene rings is 1. The normalized spacial score (nSPS) is 16.5. The molecule has 3 heterocycles. The Bertz CT molecular complexity index is 1150. The zero-order valence-electron chi connectivity index (χ0n) is 16.7. The third kappa shape index (κ3) is 3.93. The van der Waals surface area contributed by atoms with Crippen molar-refractivity contribution in [3.05, 3.63) is 47.4 Å². The van der Waals surface area contributed by atoms with Crippen LogP contribution in [0.3, 0.4) is 0 Å². The number of ether oxygens (including phenoxy) is 1. The van der Waals surface area contributed by atoms with Gasteiger partial charge in [-0.05, 0) is 42.3 Å². The molecular formula is C20H18F3N5O3S. The second kappa shape index (κ2) is 8.61. The van der Waals surface area contributed by atoms with Crippen LogP contribution in [0.1, 0.15) is 6.92 Å². The first-order valence-electron chi connectivity index (χ1n) is 9.52. The number of aromatic nitrogens is 2. The Hall–Kier alpha value is -3.41. The highest BCUT2D eigenvalue weighted by Crippen LogP contribution is 2.39. The Morgan fingerprint density at radius 1 is 1.38 bits per heavy atom. The lowest BCUT2D eigenvalue weighted by atomic mass is 10.1. The van der Waals surface area contributed by atoms with Gasteiger partial charge in [-0.15, -0.1) is 0 Å². The van der Waals surface area contributed by atoms with Gasteiger partial charge in [0.1, 0.15) is 18.5 Å². The molecule has 0 aliphatic carbocycles. The summed E-state index contributed by atoms with van der Waals surface area (Å²) < 4.78 is 49.5. The molecule has 2 amide bonds. The van der Waals surface area contributed by atoms with Crippen LogP contribution >= 0.6 is 11.8 Å². The number of amides is 2. The summed E-state index contributed by atoms with van der Waals surface area (Å²) in [6, 6.07) is 2.12. The van der Waals surface area contributed by atoms with E-state index in [4.69, 9.17) is 10.5 Å². The lowest BCUT2D eigenvalue weighted by Gasteiger charge is -2.20. The van der Waals surface area contributed by atoms with Crippen LogP contribution in [0, 0.1) is 5.82 Å². The highest BCUT2D eigenvalue weighted by molar-refractivity contribution is 8.16. The third-order valence-electron chi connectivity index (χ3n) is 4.89. The lowest BCUT2D eigenvalue weighted by molar-refractivity contribution is -0.118. The number of nitrogens with one attached hydrogen (secondary N) is 1. The second-order valence-electron chi connectivity index (χ2n) is 6.98. The summed E-state index contributed by atoms with van der Waals surface area (Å²) in [5.74, 6) is -1.26. The third-order valence-corrected chi connectivity index (χ3v) is 5.56. The number of hydrogen-bond donors (Lipinski definition) is 2. The molecule has 0 saturated heterocycles. The van der Waals surface area contributed by atoms with Crippen LogP contribution in [0.15, 0.2) is 41.6 Å². The smallest absolute Gasteiger partial charge is 0.296 e. The van der Waals surface area contributed by atoms with Crippen LogP contribution in [0.2, 0.25) is 0 Å². The molecule has 0 saturated carbocycles. The Balaban J connectivity index is 1.77. The highest BCUT2D eigenvalue weighted by atomic mass is 32.2. The minimum Gasteiger partial charge on any atom is -0.488 e. The number of alkyl halides is 2. The molecule has 8 nitrogen and oxygen atoms in total. The van der Waals surface area contributed by atoms with Gasteiger partial charge in [-0.2, -0.15) is 0 Å². The van der Waals surface area contributed by atoms with Crippen molar-refractivity contribution in [2.75, 3.05) is 16.8 Å². The van der Waals surface area contributed by atoms with Gasteiger partial charge in [0, 0.05) is 6.20 Å². The first kappa shape index (κ1) is 21.8. The zero-order chi connectivity index (χ0) is 23.0. The number of anilines is 2. The topological polar surface area (TPSA) is 102 Å². The molecule has 4 rings (SSSR count). The van der Waals surface area contributed by atoms with Crippen molar-refractivity contribution in [2.45, 2.75) is 25.9 Å². The Kier molecular flexibility index (Phi) is 5.87. The Morgan fingerprint density at radius 3 is 2.88 bits per heavy atom. The van der Waals surface area contributed by atoms with Crippen LogP contribution < -0.4 is 20.7 Å². The summed E-state index contributed by atoms with van der Waals surface area (Å²) in [4.78, 5) is 29.0. The van der Waals surface area contributed by atoms with E-state index >= 15 is 4.39 Å². The van der Waals surface area contributed by atoms with Crippen LogP contribution in [-0.4, -0.2) is 39.8 Å². The predicted octanol–water partition coefficient (Wildman–Crippen LogP) is 3.70. The van der Waals surface area contributed by atoms with Crippen molar-refractivity contribution < 1.29 is 27.5 Å². The van der Waals surface area contributed by atoms with E-state index in [-0.39, 0.29) is 41.8 Å². The average Bonchev–Trinajstić information content (AvgIpc) is 2.93. The molecule has 3 N–H and O–H groups in total. The number of hydrogen-bond acceptors (Lipinski definition) is 6. The maximum Gasteiger partial charge on any atom is 0.296 e. The minimum absolute atomic E-state index is 0.00874. The van der Waals surface area contributed by atoms with Crippen molar-refractivity contribution in [3.8, 4) is 17.1 Å². The van der Waals surface area contributed by atoms with Gasteiger partial charge in [0.25, 0.3) is 11.7 Å². The second-order valence-corrected chi connectivity index (χ2v) is 7.83.